The third-order valence-corrected chi connectivity index (χ3v) is 1.13. The number of Topliss-reactive ketones (excluding diaryl/α,β-unsaturated/α-hetero) is 1. The van der Waals surface area contributed by atoms with E-state index >= 15 is 0 Å². The molecule has 10 heavy (non-hydrogen) atoms. The van der Waals surface area contributed by atoms with E-state index in [1.165, 1.54) is 4.90 Å². The highest BCUT2D eigenvalue weighted by molar-refractivity contribution is 5.95. The molecule has 0 rings (SSSR count). The van der Waals surface area contributed by atoms with Crippen LogP contribution in [0.25, 0.3) is 0 Å². The maximum absolute atomic E-state index is 10.9. The van der Waals surface area contributed by atoms with Crippen LogP contribution in [0.5, 0.6) is 0 Å². The van der Waals surface area contributed by atoms with Crippen LogP contribution in [-0.2, 0) is 4.79 Å². The summed E-state index contributed by atoms with van der Waals surface area (Å²) in [5.74, 6) is -0.0310. The molecular formula is C7H13NO2. The van der Waals surface area contributed by atoms with Gasteiger partial charge in [-0.1, -0.05) is 6.58 Å². The standard InChI is InChI=1S/C7H13NO2/c1-6(2)7(10)4-8(3)5-9/h9H,1,4-5H2,2-3H3. The average Bonchev–Trinajstić information content (AvgIpc) is 1.87. The summed E-state index contributed by atoms with van der Waals surface area (Å²) in [6.45, 7) is 5.29. The molecule has 3 nitrogen and oxygen atoms in total. The largest absolute Gasteiger partial charge is 0.381 e. The number of hydrogen-bond donors (Lipinski definition) is 1. The van der Waals surface area contributed by atoms with E-state index in [2.05, 4.69) is 6.58 Å². The van der Waals surface area contributed by atoms with Crippen molar-refractivity contribution in [3.63, 3.8) is 0 Å². The lowest BCUT2D eigenvalue weighted by molar-refractivity contribution is -0.117. The second kappa shape index (κ2) is 4.19. The summed E-state index contributed by atoms with van der Waals surface area (Å²) in [4.78, 5) is 12.4. The van der Waals surface area contributed by atoms with Gasteiger partial charge >= 0.3 is 0 Å². The number of rotatable bonds is 4. The maximum Gasteiger partial charge on any atom is 0.172 e. The molecule has 0 aromatic heterocycles. The molecule has 0 aliphatic rings. The van der Waals surface area contributed by atoms with Crippen molar-refractivity contribution in [2.75, 3.05) is 20.3 Å². The fourth-order valence-corrected chi connectivity index (χ4v) is 0.430. The van der Waals surface area contributed by atoms with Crippen molar-refractivity contribution in [1.29, 1.82) is 0 Å². The first-order chi connectivity index (χ1) is 4.57. The Morgan fingerprint density at radius 3 is 2.50 bits per heavy atom. The number of carbonyl (C=O) groups excluding carboxylic acids is 1. The van der Waals surface area contributed by atoms with Gasteiger partial charge in [-0.3, -0.25) is 9.69 Å². The highest BCUT2D eigenvalue weighted by Crippen LogP contribution is 1.91. The summed E-state index contributed by atoms with van der Waals surface area (Å²) in [6.07, 6.45) is 0. The van der Waals surface area contributed by atoms with Crippen LogP contribution in [0.3, 0.4) is 0 Å². The van der Waals surface area contributed by atoms with Crippen LogP contribution in [0.15, 0.2) is 12.2 Å². The van der Waals surface area contributed by atoms with Gasteiger partial charge in [-0.05, 0) is 19.5 Å². The van der Waals surface area contributed by atoms with Crippen LogP contribution >= 0.6 is 0 Å². The summed E-state index contributed by atoms with van der Waals surface area (Å²) >= 11 is 0. The first-order valence-corrected chi connectivity index (χ1v) is 3.06. The number of aliphatic hydroxyl groups is 1. The summed E-state index contributed by atoms with van der Waals surface area (Å²) in [6, 6.07) is 0. The molecule has 0 saturated heterocycles. The van der Waals surface area contributed by atoms with Gasteiger partial charge in [-0.2, -0.15) is 0 Å². The van der Waals surface area contributed by atoms with Crippen LogP contribution in [0, 0.1) is 0 Å². The minimum Gasteiger partial charge on any atom is -0.381 e. The number of hydrogen-bond acceptors (Lipinski definition) is 3. The van der Waals surface area contributed by atoms with Crippen molar-refractivity contribution >= 4 is 5.78 Å². The molecule has 0 aliphatic heterocycles. The summed E-state index contributed by atoms with van der Waals surface area (Å²) in [5, 5.41) is 8.51. The molecule has 1 N–H and O–H groups in total. The maximum atomic E-state index is 10.9. The third kappa shape index (κ3) is 3.37. The zero-order chi connectivity index (χ0) is 8.15. The minimum absolute atomic E-state index is 0.0310. The van der Waals surface area contributed by atoms with E-state index in [-0.39, 0.29) is 19.1 Å². The average molecular weight is 143 g/mol. The van der Waals surface area contributed by atoms with Crippen LogP contribution in [0.4, 0.5) is 0 Å². The number of likely N-dealkylation sites (N-methyl/N-ethyl adjacent to an activating group) is 1. The molecule has 0 spiro atoms. The van der Waals surface area contributed by atoms with E-state index in [0.29, 0.717) is 5.57 Å². The second-order valence-corrected chi connectivity index (χ2v) is 2.36. The zero-order valence-electron chi connectivity index (χ0n) is 6.42. The normalized spacial score (nSPS) is 10.0. The number of aliphatic hydroxyl groups excluding tert-OH is 1. The Balaban J connectivity index is 3.68. The predicted octanol–water partition coefficient (Wildman–Crippen LogP) is 0.0132. The predicted molar refractivity (Wildman–Crippen MR) is 39.5 cm³/mol. The number of ketones is 1. The molecule has 0 amide bonds. The van der Waals surface area contributed by atoms with E-state index < -0.39 is 0 Å². The Bertz CT molecular complexity index is 143. The summed E-state index contributed by atoms with van der Waals surface area (Å²) in [5.41, 5.74) is 0.528. The van der Waals surface area contributed by atoms with Gasteiger partial charge in [-0.25, -0.2) is 0 Å². The SMILES string of the molecule is C=C(C)C(=O)CN(C)CO. The molecule has 0 fully saturated rings. The van der Waals surface area contributed by atoms with Gasteiger partial charge in [-0.15, -0.1) is 0 Å². The van der Waals surface area contributed by atoms with Crippen LogP contribution in [-0.4, -0.2) is 36.1 Å². The highest BCUT2D eigenvalue weighted by atomic mass is 16.3. The summed E-state index contributed by atoms with van der Waals surface area (Å²) < 4.78 is 0. The van der Waals surface area contributed by atoms with Crippen LogP contribution in [0.2, 0.25) is 0 Å². The van der Waals surface area contributed by atoms with E-state index in [0.717, 1.165) is 0 Å². The van der Waals surface area contributed by atoms with Crippen molar-refractivity contribution < 1.29 is 9.90 Å². The van der Waals surface area contributed by atoms with E-state index in [4.69, 9.17) is 5.11 Å². The Hall–Kier alpha value is -0.670. The second-order valence-electron chi connectivity index (χ2n) is 2.36. The molecule has 0 unspecified atom stereocenters. The highest BCUT2D eigenvalue weighted by Gasteiger charge is 2.04. The van der Waals surface area contributed by atoms with Crippen LogP contribution < -0.4 is 0 Å². The number of carbonyl (C=O) groups is 1. The number of nitrogens with zero attached hydrogens (tertiary/aromatic N) is 1. The van der Waals surface area contributed by atoms with Gasteiger partial charge in [0.25, 0.3) is 0 Å². The van der Waals surface area contributed by atoms with Gasteiger partial charge < -0.3 is 5.11 Å². The van der Waals surface area contributed by atoms with Crippen molar-refractivity contribution in [2.45, 2.75) is 6.92 Å². The van der Waals surface area contributed by atoms with E-state index in [1.54, 1.807) is 14.0 Å². The van der Waals surface area contributed by atoms with E-state index in [1.807, 2.05) is 0 Å². The Kier molecular flexibility index (Phi) is 3.91. The lowest BCUT2D eigenvalue weighted by atomic mass is 10.2. The summed E-state index contributed by atoms with van der Waals surface area (Å²) in [7, 11) is 1.67. The molecule has 58 valence electrons. The van der Waals surface area contributed by atoms with E-state index in [9.17, 15) is 4.79 Å². The molecular weight excluding hydrogens is 130 g/mol. The molecule has 0 bridgehead atoms. The van der Waals surface area contributed by atoms with Gasteiger partial charge in [0.1, 0.15) is 0 Å². The zero-order valence-corrected chi connectivity index (χ0v) is 6.42. The molecule has 0 atom stereocenters. The van der Waals surface area contributed by atoms with Crippen molar-refractivity contribution in [2.24, 2.45) is 0 Å². The molecule has 0 aromatic carbocycles. The molecule has 0 saturated carbocycles. The molecule has 0 aliphatic carbocycles. The Morgan fingerprint density at radius 2 is 2.20 bits per heavy atom. The van der Waals surface area contributed by atoms with Gasteiger partial charge in [0, 0.05) is 0 Å². The fourth-order valence-electron chi connectivity index (χ4n) is 0.430. The van der Waals surface area contributed by atoms with Crippen LogP contribution in [0.1, 0.15) is 6.92 Å². The molecule has 0 aromatic rings. The minimum atomic E-state index is -0.0982. The fraction of sp³-hybridized carbons (Fsp3) is 0.571. The molecule has 0 heterocycles. The van der Waals surface area contributed by atoms with Gasteiger partial charge in [0.2, 0.25) is 0 Å². The Morgan fingerprint density at radius 1 is 1.70 bits per heavy atom. The van der Waals surface area contributed by atoms with Gasteiger partial charge in [0.05, 0.1) is 13.3 Å². The third-order valence-electron chi connectivity index (χ3n) is 1.13. The first kappa shape index (κ1) is 9.33. The Labute approximate surface area is 61.0 Å². The lowest BCUT2D eigenvalue weighted by Crippen LogP contribution is -2.26. The first-order valence-electron chi connectivity index (χ1n) is 3.06. The monoisotopic (exact) mass is 143 g/mol. The molecule has 0 radical (unpaired) electrons. The smallest absolute Gasteiger partial charge is 0.172 e. The quantitative estimate of drug-likeness (QED) is 0.445. The van der Waals surface area contributed by atoms with Crippen molar-refractivity contribution in [1.82, 2.24) is 4.90 Å². The topological polar surface area (TPSA) is 40.5 Å². The van der Waals surface area contributed by atoms with Crippen molar-refractivity contribution in [3.05, 3.63) is 12.2 Å². The van der Waals surface area contributed by atoms with Crippen molar-refractivity contribution in [3.8, 4) is 0 Å². The lowest BCUT2D eigenvalue weighted by Gasteiger charge is -2.10. The molecule has 3 heteroatoms. The van der Waals surface area contributed by atoms with Gasteiger partial charge in [0.15, 0.2) is 5.78 Å².